The van der Waals surface area contributed by atoms with E-state index in [0.29, 0.717) is 15.2 Å². The Morgan fingerprint density at radius 1 is 1.10 bits per heavy atom. The molecule has 0 N–H and O–H groups in total. The highest BCUT2D eigenvalue weighted by Gasteiger charge is 2.15. The van der Waals surface area contributed by atoms with Crippen molar-refractivity contribution >= 4 is 15.2 Å². The Morgan fingerprint density at radius 2 is 1.60 bits per heavy atom. The van der Waals surface area contributed by atoms with E-state index in [1.54, 1.807) is 0 Å². The van der Waals surface area contributed by atoms with E-state index in [9.17, 15) is 0 Å². The van der Waals surface area contributed by atoms with Gasteiger partial charge in [0.2, 0.25) is 0 Å². The monoisotopic (exact) mass is 178 g/mol. The molecule has 0 aliphatic rings. The first-order valence-corrected chi connectivity index (χ1v) is 8.38. The molecule has 0 radical (unpaired) electrons. The maximum absolute atomic E-state index is 2.46. The third-order valence-corrected chi connectivity index (χ3v) is 11.2. The number of hydrogen-bond donors (Lipinski definition) is 0. The van der Waals surface area contributed by atoms with Gasteiger partial charge in [-0.1, -0.05) is 42.9 Å². The Kier molecular flexibility index (Phi) is 5.98. The van der Waals surface area contributed by atoms with Crippen LogP contribution in [0.25, 0.3) is 0 Å². The lowest BCUT2D eigenvalue weighted by molar-refractivity contribution is 1.09. The van der Waals surface area contributed by atoms with Crippen LogP contribution in [0.4, 0.5) is 0 Å². The van der Waals surface area contributed by atoms with Crippen LogP contribution < -0.4 is 0 Å². The van der Waals surface area contributed by atoms with Crippen LogP contribution in [0.5, 0.6) is 0 Å². The highest BCUT2D eigenvalue weighted by Crippen LogP contribution is 2.68. The van der Waals surface area contributed by atoms with Crippen LogP contribution in [0.3, 0.4) is 0 Å². The average Bonchev–Trinajstić information content (AvgIpc) is 1.88. The van der Waals surface area contributed by atoms with Crippen molar-refractivity contribution in [2.75, 3.05) is 19.0 Å². The van der Waals surface area contributed by atoms with Crippen molar-refractivity contribution in [3.63, 3.8) is 0 Å². The molecule has 0 aliphatic carbocycles. The van der Waals surface area contributed by atoms with Crippen LogP contribution in [0.2, 0.25) is 0 Å². The molecule has 0 saturated carbocycles. The van der Waals surface area contributed by atoms with Gasteiger partial charge in [-0.05, 0) is 24.6 Å². The molecule has 2 atom stereocenters. The zero-order chi connectivity index (χ0) is 8.15. The fourth-order valence-electron chi connectivity index (χ4n) is 1.18. The lowest BCUT2D eigenvalue weighted by atomic mass is 10.6. The predicted molar refractivity (Wildman–Crippen MR) is 56.0 cm³/mol. The zero-order valence-electron chi connectivity index (χ0n) is 7.89. The van der Waals surface area contributed by atoms with Gasteiger partial charge < -0.3 is 0 Å². The Labute approximate surface area is 68.2 Å². The minimum atomic E-state index is 0.383. The predicted octanol–water partition coefficient (Wildman–Crippen LogP) is 3.94. The highest BCUT2D eigenvalue weighted by atomic mass is 32.1. The van der Waals surface area contributed by atoms with Crippen LogP contribution in [0.1, 0.15) is 27.7 Å². The standard InChI is InChI=1S/C8H20P2/c1-6-9(5)10(7-2)8(3)4/h8H,6-7H2,1-5H3. The molecule has 0 aromatic rings. The summed E-state index contributed by atoms with van der Waals surface area (Å²) >= 11 is 0. The summed E-state index contributed by atoms with van der Waals surface area (Å²) in [6, 6.07) is 0. The van der Waals surface area contributed by atoms with Gasteiger partial charge in [0.25, 0.3) is 0 Å². The van der Waals surface area contributed by atoms with Crippen molar-refractivity contribution in [2.24, 2.45) is 0 Å². The summed E-state index contributed by atoms with van der Waals surface area (Å²) in [5.41, 5.74) is 0.955. The summed E-state index contributed by atoms with van der Waals surface area (Å²) in [6.45, 7) is 11.9. The summed E-state index contributed by atoms with van der Waals surface area (Å²) in [6.07, 6.45) is 2.86. The third kappa shape index (κ3) is 3.31. The topological polar surface area (TPSA) is 0 Å². The van der Waals surface area contributed by atoms with Crippen LogP contribution in [-0.4, -0.2) is 24.6 Å². The second-order valence-electron chi connectivity index (χ2n) is 2.82. The van der Waals surface area contributed by atoms with Crippen molar-refractivity contribution < 1.29 is 0 Å². The molecule has 0 fully saturated rings. The lowest BCUT2D eigenvalue weighted by Crippen LogP contribution is -1.94. The molecule has 0 bridgehead atoms. The summed E-state index contributed by atoms with van der Waals surface area (Å²) in [5.74, 6) is 0. The van der Waals surface area contributed by atoms with Crippen LogP contribution in [0, 0.1) is 0 Å². The fraction of sp³-hybridized carbons (Fsp3) is 1.00. The Bertz CT molecular complexity index is 81.3. The first-order chi connectivity index (χ1) is 4.63. The highest BCUT2D eigenvalue weighted by molar-refractivity contribution is 8.29. The van der Waals surface area contributed by atoms with Gasteiger partial charge >= 0.3 is 0 Å². The largest absolute Gasteiger partial charge is 0.0842 e. The fourth-order valence-corrected chi connectivity index (χ4v) is 8.45. The molecule has 10 heavy (non-hydrogen) atoms. The van der Waals surface area contributed by atoms with E-state index in [4.69, 9.17) is 0 Å². The van der Waals surface area contributed by atoms with Gasteiger partial charge in [0.05, 0.1) is 0 Å². The first-order valence-electron chi connectivity index (χ1n) is 4.11. The first kappa shape index (κ1) is 10.9. The molecule has 0 aromatic heterocycles. The Morgan fingerprint density at radius 3 is 1.70 bits per heavy atom. The smallest absolute Gasteiger partial charge is 0.0227 e. The van der Waals surface area contributed by atoms with E-state index in [-0.39, 0.29) is 0 Å². The van der Waals surface area contributed by atoms with Crippen molar-refractivity contribution in [1.29, 1.82) is 0 Å². The van der Waals surface area contributed by atoms with Gasteiger partial charge in [0.15, 0.2) is 0 Å². The van der Waals surface area contributed by atoms with Gasteiger partial charge in [-0.25, -0.2) is 0 Å². The molecule has 0 rings (SSSR count). The van der Waals surface area contributed by atoms with Gasteiger partial charge in [-0.3, -0.25) is 0 Å². The van der Waals surface area contributed by atoms with Crippen molar-refractivity contribution in [1.82, 2.24) is 0 Å². The summed E-state index contributed by atoms with van der Waals surface area (Å²) < 4.78 is 0. The third-order valence-electron chi connectivity index (χ3n) is 1.82. The SMILES string of the molecule is CCP(C)P(CC)C(C)C. The van der Waals surface area contributed by atoms with Crippen molar-refractivity contribution in [2.45, 2.75) is 33.4 Å². The second kappa shape index (κ2) is 5.50. The average molecular weight is 178 g/mol. The molecule has 0 spiro atoms. The Balaban J connectivity index is 3.80. The van der Waals surface area contributed by atoms with Crippen LogP contribution in [0.15, 0.2) is 0 Å². The van der Waals surface area contributed by atoms with E-state index >= 15 is 0 Å². The number of hydrogen-bond acceptors (Lipinski definition) is 0. The van der Waals surface area contributed by atoms with E-state index in [1.807, 2.05) is 0 Å². The van der Waals surface area contributed by atoms with E-state index in [0.717, 1.165) is 5.66 Å². The lowest BCUT2D eigenvalue weighted by Gasteiger charge is -2.26. The van der Waals surface area contributed by atoms with Gasteiger partial charge in [-0.15, -0.1) is 0 Å². The van der Waals surface area contributed by atoms with E-state index in [1.165, 1.54) is 12.3 Å². The minimum absolute atomic E-state index is 0.383. The quantitative estimate of drug-likeness (QED) is 0.572. The maximum atomic E-state index is 2.46. The summed E-state index contributed by atoms with van der Waals surface area (Å²) in [4.78, 5) is 0. The van der Waals surface area contributed by atoms with Crippen LogP contribution in [-0.2, 0) is 0 Å². The molecule has 62 valence electrons. The van der Waals surface area contributed by atoms with E-state index < -0.39 is 0 Å². The summed E-state index contributed by atoms with van der Waals surface area (Å²) in [7, 11) is 0.770. The Hall–Kier alpha value is 0.860. The van der Waals surface area contributed by atoms with Crippen molar-refractivity contribution in [3.8, 4) is 0 Å². The van der Waals surface area contributed by atoms with Gasteiger partial charge in [0, 0.05) is 0 Å². The molecule has 0 aromatic carbocycles. The zero-order valence-corrected chi connectivity index (χ0v) is 9.67. The van der Waals surface area contributed by atoms with Crippen LogP contribution >= 0.6 is 15.2 Å². The molecule has 0 saturated heterocycles. The molecular formula is C8H20P2. The summed E-state index contributed by atoms with van der Waals surface area (Å²) in [5, 5.41) is 0. The molecule has 0 aliphatic heterocycles. The molecule has 0 heterocycles. The molecule has 2 unspecified atom stereocenters. The number of rotatable bonds is 4. The molecule has 2 heteroatoms. The minimum Gasteiger partial charge on any atom is -0.0842 e. The van der Waals surface area contributed by atoms with E-state index in [2.05, 4.69) is 34.4 Å². The van der Waals surface area contributed by atoms with Gasteiger partial charge in [0.1, 0.15) is 0 Å². The molecule has 0 amide bonds. The second-order valence-corrected chi connectivity index (χ2v) is 10.9. The normalized spacial score (nSPS) is 17.4. The van der Waals surface area contributed by atoms with Crippen molar-refractivity contribution in [3.05, 3.63) is 0 Å². The molecular weight excluding hydrogens is 158 g/mol. The maximum Gasteiger partial charge on any atom is -0.0227 e. The van der Waals surface area contributed by atoms with Gasteiger partial charge in [-0.2, -0.15) is 0 Å². The molecule has 0 nitrogen and oxygen atoms in total.